The highest BCUT2D eigenvalue weighted by molar-refractivity contribution is 5.99. The second-order valence-corrected chi connectivity index (χ2v) is 7.09. The number of morpholine rings is 1. The predicted molar refractivity (Wildman–Crippen MR) is 108 cm³/mol. The number of benzene rings is 2. The molecule has 1 aliphatic rings. The molecule has 1 atom stereocenters. The van der Waals surface area contributed by atoms with Gasteiger partial charge in [-0.15, -0.1) is 0 Å². The number of hydrogen-bond acceptors (Lipinski definition) is 4. The zero-order valence-electron chi connectivity index (χ0n) is 16.3. The summed E-state index contributed by atoms with van der Waals surface area (Å²) >= 11 is 0. The highest BCUT2D eigenvalue weighted by atomic mass is 19.1. The number of nitrogens with zero attached hydrogens (tertiary/aromatic N) is 2. The number of hydrogen-bond donors (Lipinski definition) is 2. The molecule has 1 fully saturated rings. The van der Waals surface area contributed by atoms with E-state index in [9.17, 15) is 13.6 Å². The second-order valence-electron chi connectivity index (χ2n) is 7.09. The first-order valence-corrected chi connectivity index (χ1v) is 9.76. The number of halogens is 2. The molecule has 0 radical (unpaired) electrons. The third-order valence-electron chi connectivity index (χ3n) is 5.21. The van der Waals surface area contributed by atoms with Gasteiger partial charge in [-0.2, -0.15) is 5.10 Å². The van der Waals surface area contributed by atoms with Crippen LogP contribution in [0.4, 0.5) is 8.78 Å². The minimum atomic E-state index is -0.350. The Labute approximate surface area is 172 Å². The highest BCUT2D eigenvalue weighted by Gasteiger charge is 2.24. The molecule has 2 N–H and O–H groups in total. The molecule has 1 aliphatic heterocycles. The van der Waals surface area contributed by atoms with Gasteiger partial charge in [-0.05, 0) is 42.0 Å². The van der Waals surface area contributed by atoms with Crippen molar-refractivity contribution in [2.24, 2.45) is 0 Å². The first kappa shape index (κ1) is 20.2. The van der Waals surface area contributed by atoms with Gasteiger partial charge < -0.3 is 10.1 Å². The number of aromatic nitrogens is 2. The van der Waals surface area contributed by atoms with E-state index in [1.807, 2.05) is 0 Å². The van der Waals surface area contributed by atoms with Crippen molar-refractivity contribution in [3.63, 3.8) is 0 Å². The van der Waals surface area contributed by atoms with Crippen molar-refractivity contribution < 1.29 is 18.3 Å². The number of amides is 1. The summed E-state index contributed by atoms with van der Waals surface area (Å²) in [6.07, 6.45) is 1.45. The molecule has 2 heterocycles. The molecule has 3 aromatic rings. The number of carbonyl (C=O) groups is 1. The molecular formula is C22H22F2N4O2. The van der Waals surface area contributed by atoms with Crippen molar-refractivity contribution >= 4 is 5.91 Å². The molecule has 6 nitrogen and oxygen atoms in total. The summed E-state index contributed by atoms with van der Waals surface area (Å²) < 4.78 is 32.0. The van der Waals surface area contributed by atoms with Crippen molar-refractivity contribution in [2.75, 3.05) is 32.8 Å². The maximum Gasteiger partial charge on any atom is 0.255 e. The Morgan fingerprint density at radius 2 is 1.70 bits per heavy atom. The molecule has 4 rings (SSSR count). The summed E-state index contributed by atoms with van der Waals surface area (Å²) in [5.41, 5.74) is 2.49. The van der Waals surface area contributed by atoms with Crippen LogP contribution in [0.5, 0.6) is 0 Å². The lowest BCUT2D eigenvalue weighted by Crippen LogP contribution is -2.43. The maximum absolute atomic E-state index is 13.4. The van der Waals surface area contributed by atoms with E-state index in [-0.39, 0.29) is 23.6 Å². The van der Waals surface area contributed by atoms with E-state index >= 15 is 0 Å². The lowest BCUT2D eigenvalue weighted by Gasteiger charge is -2.35. The van der Waals surface area contributed by atoms with Crippen LogP contribution >= 0.6 is 0 Å². The zero-order valence-corrected chi connectivity index (χ0v) is 16.3. The fourth-order valence-electron chi connectivity index (χ4n) is 3.61. The summed E-state index contributed by atoms with van der Waals surface area (Å²) in [4.78, 5) is 15.1. The average Bonchev–Trinajstić information content (AvgIpc) is 3.26. The van der Waals surface area contributed by atoms with Crippen LogP contribution in [0.25, 0.3) is 11.3 Å². The molecular weight excluding hydrogens is 390 g/mol. The fraction of sp³-hybridized carbons (Fsp3) is 0.273. The molecule has 0 bridgehead atoms. The summed E-state index contributed by atoms with van der Waals surface area (Å²) in [6.45, 7) is 3.03. The van der Waals surface area contributed by atoms with Gasteiger partial charge in [0.05, 0.1) is 36.7 Å². The molecule has 1 aromatic heterocycles. The van der Waals surface area contributed by atoms with Crippen LogP contribution in [0.3, 0.4) is 0 Å². The number of aromatic amines is 1. The minimum Gasteiger partial charge on any atom is -0.379 e. The van der Waals surface area contributed by atoms with Crippen molar-refractivity contribution in [3.05, 3.63) is 77.5 Å². The summed E-state index contributed by atoms with van der Waals surface area (Å²) in [5, 5.41) is 9.76. The van der Waals surface area contributed by atoms with E-state index in [0.29, 0.717) is 36.6 Å². The Hall–Kier alpha value is -3.10. The first-order valence-electron chi connectivity index (χ1n) is 9.76. The molecule has 1 amide bonds. The van der Waals surface area contributed by atoms with Crippen LogP contribution in [-0.4, -0.2) is 53.9 Å². The smallest absolute Gasteiger partial charge is 0.255 e. The van der Waals surface area contributed by atoms with Crippen LogP contribution in [-0.2, 0) is 4.74 Å². The van der Waals surface area contributed by atoms with Gasteiger partial charge in [0.1, 0.15) is 11.6 Å². The number of carbonyl (C=O) groups excluding carboxylic acids is 1. The Balaban J connectivity index is 1.51. The van der Waals surface area contributed by atoms with Crippen molar-refractivity contribution in [2.45, 2.75) is 6.04 Å². The predicted octanol–water partition coefficient (Wildman–Crippen LogP) is 3.16. The van der Waals surface area contributed by atoms with Crippen LogP contribution < -0.4 is 5.32 Å². The SMILES string of the molecule is O=C(NCC(c1ccc(F)cc1)N1CCOCC1)c1cn[nH]c1-c1ccc(F)cc1. The van der Waals surface area contributed by atoms with Crippen LogP contribution in [0.1, 0.15) is 22.0 Å². The molecule has 2 aromatic carbocycles. The lowest BCUT2D eigenvalue weighted by molar-refractivity contribution is 0.0162. The van der Waals surface area contributed by atoms with Crippen molar-refractivity contribution in [3.8, 4) is 11.3 Å². The maximum atomic E-state index is 13.4. The number of rotatable bonds is 6. The molecule has 1 saturated heterocycles. The summed E-state index contributed by atoms with van der Waals surface area (Å²) in [7, 11) is 0. The molecule has 0 aliphatic carbocycles. The van der Waals surface area contributed by atoms with Gasteiger partial charge in [0.25, 0.3) is 5.91 Å². The van der Waals surface area contributed by atoms with Gasteiger partial charge in [-0.1, -0.05) is 12.1 Å². The number of nitrogens with one attached hydrogen (secondary N) is 2. The molecule has 8 heteroatoms. The largest absolute Gasteiger partial charge is 0.379 e. The van der Waals surface area contributed by atoms with Crippen LogP contribution in [0.2, 0.25) is 0 Å². The Kier molecular flexibility index (Phi) is 6.15. The Morgan fingerprint density at radius 3 is 2.37 bits per heavy atom. The van der Waals surface area contributed by atoms with Crippen molar-refractivity contribution in [1.82, 2.24) is 20.4 Å². The zero-order chi connectivity index (χ0) is 20.9. The van der Waals surface area contributed by atoms with E-state index in [1.165, 1.54) is 30.5 Å². The average molecular weight is 412 g/mol. The minimum absolute atomic E-state index is 0.111. The number of ether oxygens (including phenoxy) is 1. The van der Waals surface area contributed by atoms with Gasteiger partial charge in [0, 0.05) is 25.2 Å². The highest BCUT2D eigenvalue weighted by Crippen LogP contribution is 2.24. The summed E-state index contributed by atoms with van der Waals surface area (Å²) in [6, 6.07) is 12.1. The standard InChI is InChI=1S/C22H22F2N4O2/c23-17-5-1-15(2-6-17)20(28-9-11-30-12-10-28)14-25-22(29)19-13-26-27-21(19)16-3-7-18(24)8-4-16/h1-8,13,20H,9-12,14H2,(H,25,29)(H,26,27). The van der Waals surface area contributed by atoms with E-state index in [4.69, 9.17) is 4.74 Å². The first-order chi connectivity index (χ1) is 14.6. The summed E-state index contributed by atoms with van der Waals surface area (Å²) in [5.74, 6) is -0.939. The second kappa shape index (κ2) is 9.15. The van der Waals surface area contributed by atoms with Gasteiger partial charge in [0.2, 0.25) is 0 Å². The Bertz CT molecular complexity index is 983. The monoisotopic (exact) mass is 412 g/mol. The van der Waals surface area contributed by atoms with E-state index in [1.54, 1.807) is 24.3 Å². The topological polar surface area (TPSA) is 70.2 Å². The normalized spacial score (nSPS) is 15.7. The fourth-order valence-corrected chi connectivity index (χ4v) is 3.61. The van der Waals surface area contributed by atoms with Crippen LogP contribution in [0.15, 0.2) is 54.7 Å². The van der Waals surface area contributed by atoms with Gasteiger partial charge in [-0.3, -0.25) is 14.8 Å². The van der Waals surface area contributed by atoms with Crippen molar-refractivity contribution in [1.29, 1.82) is 0 Å². The van der Waals surface area contributed by atoms with E-state index in [0.717, 1.165) is 18.7 Å². The quantitative estimate of drug-likeness (QED) is 0.653. The molecule has 30 heavy (non-hydrogen) atoms. The third-order valence-corrected chi connectivity index (χ3v) is 5.21. The number of H-pyrrole nitrogens is 1. The van der Waals surface area contributed by atoms with E-state index < -0.39 is 0 Å². The van der Waals surface area contributed by atoms with Gasteiger partial charge in [0.15, 0.2) is 0 Å². The molecule has 1 unspecified atom stereocenters. The Morgan fingerprint density at radius 1 is 1.07 bits per heavy atom. The molecule has 0 spiro atoms. The van der Waals surface area contributed by atoms with Crippen LogP contribution in [0, 0.1) is 11.6 Å². The molecule has 0 saturated carbocycles. The lowest BCUT2D eigenvalue weighted by atomic mass is 10.0. The van der Waals surface area contributed by atoms with Gasteiger partial charge >= 0.3 is 0 Å². The van der Waals surface area contributed by atoms with Gasteiger partial charge in [-0.25, -0.2) is 8.78 Å². The molecule has 156 valence electrons. The van der Waals surface area contributed by atoms with E-state index in [2.05, 4.69) is 20.4 Å². The third kappa shape index (κ3) is 4.55.